The van der Waals surface area contributed by atoms with Gasteiger partial charge >= 0.3 is 6.36 Å². The Kier molecular flexibility index (Phi) is 8.87. The van der Waals surface area contributed by atoms with Gasteiger partial charge in [-0.3, -0.25) is 4.90 Å². The van der Waals surface area contributed by atoms with Gasteiger partial charge in [-0.15, -0.1) is 38.0 Å². The number of nitrogens with zero attached hydrogens (tertiary/aromatic N) is 1. The summed E-state index contributed by atoms with van der Waals surface area (Å²) in [7, 11) is 0. The third kappa shape index (κ3) is 6.67. The molecule has 1 atom stereocenters. The van der Waals surface area contributed by atoms with Crippen LogP contribution < -0.4 is 10.1 Å². The first-order valence-electron chi connectivity index (χ1n) is 7.47. The molecule has 2 rings (SSSR count). The van der Waals surface area contributed by atoms with Gasteiger partial charge < -0.3 is 10.1 Å². The average molecular weight is 389 g/mol. The van der Waals surface area contributed by atoms with Crippen molar-refractivity contribution in [3.8, 4) is 5.75 Å². The minimum absolute atomic E-state index is 0. The Morgan fingerprint density at radius 2 is 1.50 bits per heavy atom. The van der Waals surface area contributed by atoms with Gasteiger partial charge in [0.1, 0.15) is 5.75 Å². The van der Waals surface area contributed by atoms with Gasteiger partial charge in [-0.05, 0) is 23.1 Å². The molecule has 1 aromatic carbocycles. The number of benzene rings is 1. The molecule has 1 aromatic rings. The molecule has 1 heterocycles. The van der Waals surface area contributed by atoms with Crippen molar-refractivity contribution in [2.45, 2.75) is 33.2 Å². The first-order chi connectivity index (χ1) is 10.2. The maximum atomic E-state index is 12.2. The minimum Gasteiger partial charge on any atom is -0.406 e. The molecule has 0 aromatic heterocycles. The molecule has 0 aliphatic carbocycles. The van der Waals surface area contributed by atoms with E-state index in [2.05, 4.69) is 35.7 Å². The summed E-state index contributed by atoms with van der Waals surface area (Å²) in [6, 6.07) is 6.42. The molecular weight excluding hydrogens is 364 g/mol. The fourth-order valence-electron chi connectivity index (χ4n) is 3.05. The Labute approximate surface area is 153 Å². The van der Waals surface area contributed by atoms with Crippen LogP contribution in [-0.4, -0.2) is 37.4 Å². The van der Waals surface area contributed by atoms with Gasteiger partial charge in [0.25, 0.3) is 0 Å². The monoisotopic (exact) mass is 388 g/mol. The zero-order chi connectivity index (χ0) is 16.4. The lowest BCUT2D eigenvalue weighted by Crippen LogP contribution is -2.48. The van der Waals surface area contributed by atoms with E-state index >= 15 is 0 Å². The maximum absolute atomic E-state index is 12.2. The highest BCUT2D eigenvalue weighted by Crippen LogP contribution is 2.38. The highest BCUT2D eigenvalue weighted by Gasteiger charge is 2.33. The lowest BCUT2D eigenvalue weighted by molar-refractivity contribution is -0.274. The molecule has 0 radical (unpaired) electrons. The van der Waals surface area contributed by atoms with Gasteiger partial charge in [0.2, 0.25) is 0 Å². The fraction of sp³-hybridized carbons (Fsp3) is 0.625. The third-order valence-corrected chi connectivity index (χ3v) is 3.77. The maximum Gasteiger partial charge on any atom is 0.573 e. The van der Waals surface area contributed by atoms with E-state index in [-0.39, 0.29) is 42.0 Å². The van der Waals surface area contributed by atoms with Crippen molar-refractivity contribution in [1.82, 2.24) is 10.2 Å². The summed E-state index contributed by atoms with van der Waals surface area (Å²) in [6.45, 7) is 10.2. The number of ether oxygens (including phenoxy) is 1. The molecule has 0 saturated carbocycles. The number of nitrogens with one attached hydrogen (secondary N) is 1. The van der Waals surface area contributed by atoms with E-state index in [0.717, 1.165) is 31.7 Å². The van der Waals surface area contributed by atoms with E-state index in [9.17, 15) is 13.2 Å². The van der Waals surface area contributed by atoms with E-state index in [1.807, 2.05) is 0 Å². The summed E-state index contributed by atoms with van der Waals surface area (Å²) >= 11 is 0. The first kappa shape index (κ1) is 23.3. The molecule has 1 N–H and O–H groups in total. The van der Waals surface area contributed by atoms with Crippen LogP contribution in [0.5, 0.6) is 5.75 Å². The lowest BCUT2D eigenvalue weighted by Gasteiger charge is -2.42. The summed E-state index contributed by atoms with van der Waals surface area (Å²) in [5, 5.41) is 3.32. The smallest absolute Gasteiger partial charge is 0.406 e. The zero-order valence-electron chi connectivity index (χ0n) is 14.0. The van der Waals surface area contributed by atoms with Gasteiger partial charge in [0.15, 0.2) is 0 Å². The van der Waals surface area contributed by atoms with Gasteiger partial charge in [-0.25, -0.2) is 0 Å². The number of piperazine rings is 1. The predicted octanol–water partition coefficient (Wildman–Crippen LogP) is 4.42. The zero-order valence-corrected chi connectivity index (χ0v) is 15.7. The second-order valence-electron chi connectivity index (χ2n) is 6.67. The molecule has 0 bridgehead atoms. The van der Waals surface area contributed by atoms with Crippen molar-refractivity contribution in [2.24, 2.45) is 5.41 Å². The highest BCUT2D eigenvalue weighted by molar-refractivity contribution is 5.85. The molecule has 1 aliphatic rings. The fourth-order valence-corrected chi connectivity index (χ4v) is 3.05. The summed E-state index contributed by atoms with van der Waals surface area (Å²) < 4.78 is 40.7. The van der Waals surface area contributed by atoms with Crippen LogP contribution in [-0.2, 0) is 0 Å². The van der Waals surface area contributed by atoms with Crippen LogP contribution in [0, 0.1) is 5.41 Å². The first-order valence-corrected chi connectivity index (χ1v) is 7.47. The standard InChI is InChI=1S/C16H23F3N2O.2ClH/c1-15(2,3)14(21-10-8-20-9-11-21)12-4-6-13(7-5-12)22-16(17,18)19;;/h4-7,14,20H,8-11H2,1-3H3;2*1H/t14-;;/m1../s1. The van der Waals surface area contributed by atoms with Crippen molar-refractivity contribution in [1.29, 1.82) is 0 Å². The van der Waals surface area contributed by atoms with E-state index in [1.165, 1.54) is 12.1 Å². The van der Waals surface area contributed by atoms with Crippen LogP contribution in [0.15, 0.2) is 24.3 Å². The summed E-state index contributed by atoms with van der Waals surface area (Å²) in [6.07, 6.45) is -4.65. The van der Waals surface area contributed by atoms with Crippen LogP contribution in [0.3, 0.4) is 0 Å². The Hall–Kier alpha value is -0.690. The number of alkyl halides is 3. The molecule has 1 aliphatic heterocycles. The Morgan fingerprint density at radius 1 is 1.00 bits per heavy atom. The number of hydrogen-bond acceptors (Lipinski definition) is 3. The van der Waals surface area contributed by atoms with Crippen molar-refractivity contribution in [3.05, 3.63) is 29.8 Å². The molecule has 3 nitrogen and oxygen atoms in total. The van der Waals surface area contributed by atoms with E-state index in [4.69, 9.17) is 0 Å². The quantitative estimate of drug-likeness (QED) is 0.828. The van der Waals surface area contributed by atoms with Crippen LogP contribution in [0.1, 0.15) is 32.4 Å². The minimum atomic E-state index is -4.65. The van der Waals surface area contributed by atoms with Crippen molar-refractivity contribution < 1.29 is 17.9 Å². The third-order valence-electron chi connectivity index (χ3n) is 3.77. The van der Waals surface area contributed by atoms with Gasteiger partial charge in [0, 0.05) is 32.2 Å². The SMILES string of the molecule is CC(C)(C)[C@@H](c1ccc(OC(F)(F)F)cc1)N1CCNCC1.Cl.Cl. The van der Waals surface area contributed by atoms with Crippen molar-refractivity contribution >= 4 is 24.8 Å². The summed E-state index contributed by atoms with van der Waals surface area (Å²) in [5.41, 5.74) is 1.01. The topological polar surface area (TPSA) is 24.5 Å². The molecule has 24 heavy (non-hydrogen) atoms. The molecule has 0 unspecified atom stereocenters. The van der Waals surface area contributed by atoms with Crippen LogP contribution in [0.25, 0.3) is 0 Å². The molecule has 1 fully saturated rings. The molecular formula is C16H25Cl2F3N2O. The normalized spacial score (nSPS) is 17.4. The molecule has 1 saturated heterocycles. The predicted molar refractivity (Wildman–Crippen MR) is 94.3 cm³/mol. The summed E-state index contributed by atoms with van der Waals surface area (Å²) in [5.74, 6) is -0.177. The highest BCUT2D eigenvalue weighted by atomic mass is 35.5. The van der Waals surface area contributed by atoms with Gasteiger partial charge in [0.05, 0.1) is 0 Å². The van der Waals surface area contributed by atoms with E-state index in [1.54, 1.807) is 12.1 Å². The Morgan fingerprint density at radius 3 is 1.92 bits per heavy atom. The number of rotatable bonds is 3. The van der Waals surface area contributed by atoms with Crippen molar-refractivity contribution in [3.63, 3.8) is 0 Å². The second-order valence-corrected chi connectivity index (χ2v) is 6.67. The Bertz CT molecular complexity index is 484. The molecule has 0 amide bonds. The van der Waals surface area contributed by atoms with Gasteiger partial charge in [-0.1, -0.05) is 32.9 Å². The lowest BCUT2D eigenvalue weighted by atomic mass is 9.81. The Balaban J connectivity index is 0.00000264. The average Bonchev–Trinajstić information content (AvgIpc) is 2.39. The van der Waals surface area contributed by atoms with Crippen LogP contribution in [0.4, 0.5) is 13.2 Å². The van der Waals surface area contributed by atoms with Crippen LogP contribution in [0.2, 0.25) is 0 Å². The molecule has 8 heteroatoms. The van der Waals surface area contributed by atoms with Gasteiger partial charge in [-0.2, -0.15) is 0 Å². The number of halogens is 5. The second kappa shape index (κ2) is 9.13. The summed E-state index contributed by atoms with van der Waals surface area (Å²) in [4.78, 5) is 2.39. The largest absolute Gasteiger partial charge is 0.573 e. The van der Waals surface area contributed by atoms with E-state index in [0.29, 0.717) is 0 Å². The van der Waals surface area contributed by atoms with Crippen LogP contribution >= 0.6 is 24.8 Å². The molecule has 140 valence electrons. The molecule has 0 spiro atoms. The van der Waals surface area contributed by atoms with Crippen molar-refractivity contribution in [2.75, 3.05) is 26.2 Å². The van der Waals surface area contributed by atoms with E-state index < -0.39 is 6.36 Å². The number of hydrogen-bond donors (Lipinski definition) is 1.